The van der Waals surface area contributed by atoms with Crippen molar-refractivity contribution >= 4 is 40.0 Å². The molecule has 4 rings (SSSR count). The Kier molecular flexibility index (Phi) is 6.14. The zero-order valence-corrected chi connectivity index (χ0v) is 18.2. The number of anilines is 1. The van der Waals surface area contributed by atoms with Gasteiger partial charge in [-0.1, -0.05) is 42.1 Å². The first-order valence-corrected chi connectivity index (χ1v) is 11.2. The quantitative estimate of drug-likeness (QED) is 0.352. The zero-order chi connectivity index (χ0) is 21.8. The van der Waals surface area contributed by atoms with E-state index in [1.54, 1.807) is 17.6 Å². The van der Waals surface area contributed by atoms with Gasteiger partial charge in [0.25, 0.3) is 5.91 Å². The van der Waals surface area contributed by atoms with E-state index < -0.39 is 5.91 Å². The molecule has 0 aliphatic carbocycles. The minimum absolute atomic E-state index is 0.178. The molecule has 0 saturated carbocycles. The molecule has 3 heterocycles. The van der Waals surface area contributed by atoms with E-state index in [9.17, 15) is 9.59 Å². The largest absolute Gasteiger partial charge is 0.364 e. The number of hydrogen-bond donors (Lipinski definition) is 3. The first-order valence-electron chi connectivity index (χ1n) is 9.30. The van der Waals surface area contributed by atoms with Gasteiger partial charge in [0.15, 0.2) is 10.3 Å². The van der Waals surface area contributed by atoms with Crippen molar-refractivity contribution in [2.24, 2.45) is 5.73 Å². The molecule has 0 bridgehead atoms. The number of aromatic amines is 1. The summed E-state index contributed by atoms with van der Waals surface area (Å²) < 4.78 is 1.98. The number of nitrogens with one attached hydrogen (secondary N) is 2. The number of carbonyl (C=O) groups is 2. The first-order chi connectivity index (χ1) is 15.0. The van der Waals surface area contributed by atoms with Crippen LogP contribution in [0.15, 0.2) is 53.1 Å². The van der Waals surface area contributed by atoms with Crippen LogP contribution in [0.1, 0.15) is 21.9 Å². The molecule has 31 heavy (non-hydrogen) atoms. The van der Waals surface area contributed by atoms with Gasteiger partial charge in [-0.05, 0) is 18.6 Å². The topological polar surface area (TPSA) is 132 Å². The number of nitrogens with zero attached hydrogens (tertiary/aromatic N) is 4. The van der Waals surface area contributed by atoms with Crippen LogP contribution >= 0.6 is 23.1 Å². The van der Waals surface area contributed by atoms with Gasteiger partial charge in [0.1, 0.15) is 11.5 Å². The molecule has 3 aromatic heterocycles. The third-order valence-corrected chi connectivity index (χ3v) is 6.14. The Morgan fingerprint density at radius 2 is 2.06 bits per heavy atom. The van der Waals surface area contributed by atoms with Crippen LogP contribution in [0.3, 0.4) is 0 Å². The van der Waals surface area contributed by atoms with Crippen LogP contribution in [0.5, 0.6) is 0 Å². The van der Waals surface area contributed by atoms with Crippen LogP contribution in [0, 0.1) is 6.92 Å². The van der Waals surface area contributed by atoms with Gasteiger partial charge in [-0.2, -0.15) is 0 Å². The Morgan fingerprint density at radius 1 is 1.26 bits per heavy atom. The minimum atomic E-state index is -0.539. The van der Waals surface area contributed by atoms with E-state index in [2.05, 4.69) is 25.5 Å². The molecule has 9 nitrogen and oxygen atoms in total. The van der Waals surface area contributed by atoms with Gasteiger partial charge in [0.05, 0.1) is 18.0 Å². The van der Waals surface area contributed by atoms with Crippen LogP contribution in [0.2, 0.25) is 0 Å². The maximum Gasteiger partial charge on any atom is 0.265 e. The number of thioether (sulfide) groups is 1. The molecular weight excluding hydrogens is 434 g/mol. The highest BCUT2D eigenvalue weighted by Gasteiger charge is 2.14. The van der Waals surface area contributed by atoms with E-state index in [4.69, 9.17) is 5.73 Å². The molecule has 0 fully saturated rings. The van der Waals surface area contributed by atoms with Gasteiger partial charge < -0.3 is 20.6 Å². The number of nitrogens with two attached hydrogens (primary N) is 1. The van der Waals surface area contributed by atoms with Crippen LogP contribution in [-0.2, 0) is 11.3 Å². The molecule has 0 aliphatic rings. The van der Waals surface area contributed by atoms with E-state index in [-0.39, 0.29) is 11.7 Å². The number of amides is 2. The summed E-state index contributed by atoms with van der Waals surface area (Å²) in [6, 6.07) is 11.6. The van der Waals surface area contributed by atoms with Gasteiger partial charge >= 0.3 is 0 Å². The fourth-order valence-electron chi connectivity index (χ4n) is 2.85. The molecule has 0 radical (unpaired) electrons. The fourth-order valence-corrected chi connectivity index (χ4v) is 4.37. The van der Waals surface area contributed by atoms with Crippen molar-refractivity contribution in [3.8, 4) is 11.3 Å². The second kappa shape index (κ2) is 9.14. The lowest BCUT2D eigenvalue weighted by Crippen LogP contribution is -2.14. The lowest BCUT2D eigenvalue weighted by atomic mass is 10.2. The fraction of sp³-hybridized carbons (Fsp3) is 0.150. The minimum Gasteiger partial charge on any atom is -0.364 e. The molecular formula is C20H19N7O2S2. The molecule has 11 heteroatoms. The van der Waals surface area contributed by atoms with E-state index in [0.717, 1.165) is 17.0 Å². The van der Waals surface area contributed by atoms with Crippen LogP contribution in [-0.4, -0.2) is 42.3 Å². The number of carbonyl (C=O) groups excluding carboxylic acids is 2. The number of thiazole rings is 1. The van der Waals surface area contributed by atoms with Crippen molar-refractivity contribution in [1.29, 1.82) is 0 Å². The van der Waals surface area contributed by atoms with E-state index in [1.807, 2.05) is 41.8 Å². The molecule has 4 N–H and O–H groups in total. The summed E-state index contributed by atoms with van der Waals surface area (Å²) in [7, 11) is 0. The summed E-state index contributed by atoms with van der Waals surface area (Å²) in [4.78, 5) is 30.8. The summed E-state index contributed by atoms with van der Waals surface area (Å²) in [6.45, 7) is 2.53. The molecule has 4 aromatic rings. The lowest BCUT2D eigenvalue weighted by molar-refractivity contribution is -0.113. The normalized spacial score (nSPS) is 10.9. The molecule has 0 atom stereocenters. The monoisotopic (exact) mass is 453 g/mol. The molecule has 0 saturated heterocycles. The average molecular weight is 454 g/mol. The van der Waals surface area contributed by atoms with Crippen LogP contribution < -0.4 is 11.1 Å². The Bertz CT molecular complexity index is 1210. The van der Waals surface area contributed by atoms with Crippen molar-refractivity contribution in [3.05, 3.63) is 65.1 Å². The summed E-state index contributed by atoms with van der Waals surface area (Å²) in [5.74, 6) is 0.239. The predicted molar refractivity (Wildman–Crippen MR) is 120 cm³/mol. The Balaban J connectivity index is 1.36. The molecule has 2 amide bonds. The van der Waals surface area contributed by atoms with Crippen molar-refractivity contribution in [3.63, 3.8) is 0 Å². The number of primary amides is 1. The number of H-pyrrole nitrogens is 1. The molecule has 0 unspecified atom stereocenters. The second-order valence-electron chi connectivity index (χ2n) is 6.64. The summed E-state index contributed by atoms with van der Waals surface area (Å²) in [5.41, 5.74) is 8.07. The average Bonchev–Trinajstić information content (AvgIpc) is 3.49. The number of rotatable bonds is 8. The third-order valence-electron chi connectivity index (χ3n) is 4.41. The first kappa shape index (κ1) is 20.8. The Hall–Kier alpha value is -3.44. The summed E-state index contributed by atoms with van der Waals surface area (Å²) in [6.07, 6.45) is 1.65. The van der Waals surface area contributed by atoms with Crippen molar-refractivity contribution < 1.29 is 9.59 Å². The van der Waals surface area contributed by atoms with Gasteiger partial charge in [-0.15, -0.1) is 21.5 Å². The van der Waals surface area contributed by atoms with E-state index >= 15 is 0 Å². The molecule has 0 spiro atoms. The lowest BCUT2D eigenvalue weighted by Gasteiger charge is -2.08. The van der Waals surface area contributed by atoms with Gasteiger partial charge in [0, 0.05) is 17.1 Å². The third kappa shape index (κ3) is 5.01. The molecule has 1 aromatic carbocycles. The van der Waals surface area contributed by atoms with Crippen LogP contribution in [0.4, 0.5) is 5.13 Å². The van der Waals surface area contributed by atoms with Gasteiger partial charge in [0.2, 0.25) is 5.91 Å². The summed E-state index contributed by atoms with van der Waals surface area (Å²) >= 11 is 2.63. The highest BCUT2D eigenvalue weighted by atomic mass is 32.2. The van der Waals surface area contributed by atoms with Gasteiger partial charge in [-0.3, -0.25) is 9.59 Å². The Morgan fingerprint density at radius 3 is 2.81 bits per heavy atom. The molecule has 0 aliphatic heterocycles. The maximum absolute atomic E-state index is 12.4. The standard InChI is InChI=1S/C20H19N7O2S2/c1-12-25-26-20(27(12)9-13-5-3-2-4-6-13)31-11-17(28)24-19-23-16(10-30-19)14-7-15(18(21)29)22-8-14/h2-8,10,22H,9,11H2,1H3,(H2,21,29)(H,23,24,28). The van der Waals surface area contributed by atoms with Crippen molar-refractivity contribution in [2.75, 3.05) is 11.1 Å². The number of benzene rings is 1. The zero-order valence-electron chi connectivity index (χ0n) is 16.5. The Labute approximate surface area is 186 Å². The highest BCUT2D eigenvalue weighted by Crippen LogP contribution is 2.26. The molecule has 158 valence electrons. The SMILES string of the molecule is Cc1nnc(SCC(=O)Nc2nc(-c3c[nH]c(C(N)=O)c3)cs2)n1Cc1ccccc1. The van der Waals surface area contributed by atoms with Crippen molar-refractivity contribution in [2.45, 2.75) is 18.6 Å². The maximum atomic E-state index is 12.4. The second-order valence-corrected chi connectivity index (χ2v) is 8.44. The van der Waals surface area contributed by atoms with Gasteiger partial charge in [-0.25, -0.2) is 4.98 Å². The summed E-state index contributed by atoms with van der Waals surface area (Å²) in [5, 5.41) is 14.1. The van der Waals surface area contributed by atoms with Crippen LogP contribution in [0.25, 0.3) is 11.3 Å². The predicted octanol–water partition coefficient (Wildman–Crippen LogP) is 2.92. The highest BCUT2D eigenvalue weighted by molar-refractivity contribution is 7.99. The van der Waals surface area contributed by atoms with E-state index in [1.165, 1.54) is 23.1 Å². The van der Waals surface area contributed by atoms with Crippen molar-refractivity contribution in [1.82, 2.24) is 24.7 Å². The number of aromatic nitrogens is 5. The smallest absolute Gasteiger partial charge is 0.265 e. The number of aryl methyl sites for hydroxylation is 1. The number of hydrogen-bond acceptors (Lipinski definition) is 7. The van der Waals surface area contributed by atoms with E-state index in [0.29, 0.717) is 28.2 Å².